The van der Waals surface area contributed by atoms with E-state index in [-0.39, 0.29) is 46.5 Å². The molecule has 0 heterocycles. The van der Waals surface area contributed by atoms with Crippen LogP contribution < -0.4 is 11.5 Å². The predicted octanol–water partition coefficient (Wildman–Crippen LogP) is 0.542. The summed E-state index contributed by atoms with van der Waals surface area (Å²) in [5, 5.41) is 0. The predicted molar refractivity (Wildman–Crippen MR) is 93.5 cm³/mol. The van der Waals surface area contributed by atoms with Crippen molar-refractivity contribution in [3.63, 3.8) is 0 Å². The second-order valence-electron chi connectivity index (χ2n) is 4.78. The molecule has 0 aliphatic heterocycles. The van der Waals surface area contributed by atoms with Crippen molar-refractivity contribution in [2.24, 2.45) is 11.5 Å². The van der Waals surface area contributed by atoms with Crippen LogP contribution in [0.25, 0.3) is 11.4 Å². The molecular formula is C14H14N2NaO6S2. The summed E-state index contributed by atoms with van der Waals surface area (Å²) in [5.74, 6) is 0. The molecule has 2 aromatic rings. The van der Waals surface area contributed by atoms with Crippen molar-refractivity contribution in [1.29, 1.82) is 0 Å². The first kappa shape index (κ1) is 21.6. The fraction of sp³-hybridized carbons (Fsp3) is 0. The standard InChI is InChI=1S/C14H14N2O6S2.Na/c15-12(9-5-2-1-3-6-9)13(16)10-7-4-8-11(23(17,18)19)14(10)24(20,21)22;/h1-8H,15-16H2,(H,17,18,19)(H,20,21,22);. The first-order valence-electron chi connectivity index (χ1n) is 6.42. The van der Waals surface area contributed by atoms with Gasteiger partial charge in [0, 0.05) is 35.1 Å². The maximum absolute atomic E-state index is 11.6. The first-order chi connectivity index (χ1) is 11.0. The smallest absolute Gasteiger partial charge is 0.296 e. The second-order valence-corrected chi connectivity index (χ2v) is 7.52. The van der Waals surface area contributed by atoms with E-state index in [1.165, 1.54) is 6.07 Å². The van der Waals surface area contributed by atoms with Gasteiger partial charge in [0.05, 0.1) is 11.4 Å². The van der Waals surface area contributed by atoms with Gasteiger partial charge >= 0.3 is 0 Å². The van der Waals surface area contributed by atoms with Crippen molar-refractivity contribution in [3.8, 4) is 0 Å². The van der Waals surface area contributed by atoms with Crippen LogP contribution >= 0.6 is 0 Å². The van der Waals surface area contributed by atoms with E-state index in [1.54, 1.807) is 30.3 Å². The molecule has 0 aliphatic rings. The van der Waals surface area contributed by atoms with Gasteiger partial charge in [-0.3, -0.25) is 9.11 Å². The van der Waals surface area contributed by atoms with Gasteiger partial charge < -0.3 is 11.5 Å². The van der Waals surface area contributed by atoms with Crippen LogP contribution in [0.5, 0.6) is 0 Å². The largest absolute Gasteiger partial charge is 0.397 e. The van der Waals surface area contributed by atoms with Gasteiger partial charge in [-0.2, -0.15) is 16.8 Å². The number of hydrogen-bond donors (Lipinski definition) is 4. The average Bonchev–Trinajstić information content (AvgIpc) is 2.52. The van der Waals surface area contributed by atoms with E-state index in [9.17, 15) is 25.9 Å². The molecule has 0 amide bonds. The van der Waals surface area contributed by atoms with Crippen LogP contribution in [-0.4, -0.2) is 55.5 Å². The minimum absolute atomic E-state index is 0. The van der Waals surface area contributed by atoms with Crippen molar-refractivity contribution >= 4 is 61.2 Å². The van der Waals surface area contributed by atoms with Gasteiger partial charge in [0.1, 0.15) is 9.79 Å². The minimum atomic E-state index is -5.02. The molecule has 129 valence electrons. The molecule has 0 unspecified atom stereocenters. The van der Waals surface area contributed by atoms with E-state index >= 15 is 0 Å². The van der Waals surface area contributed by atoms with Gasteiger partial charge in [-0.1, -0.05) is 42.5 Å². The van der Waals surface area contributed by atoms with Gasteiger partial charge in [0.25, 0.3) is 20.2 Å². The van der Waals surface area contributed by atoms with Gasteiger partial charge in [-0.05, 0) is 11.6 Å². The quantitative estimate of drug-likeness (QED) is 0.332. The third-order valence-electron chi connectivity index (χ3n) is 3.18. The van der Waals surface area contributed by atoms with Crippen LogP contribution in [0.15, 0.2) is 58.3 Å². The Hall–Kier alpha value is -1.40. The fourth-order valence-corrected chi connectivity index (χ4v) is 4.12. The average molecular weight is 393 g/mol. The van der Waals surface area contributed by atoms with E-state index in [0.29, 0.717) is 5.56 Å². The molecule has 2 aromatic carbocycles. The molecule has 11 heteroatoms. The molecule has 1 radical (unpaired) electrons. The Morgan fingerprint density at radius 1 is 0.760 bits per heavy atom. The number of nitrogens with two attached hydrogens (primary N) is 2. The number of rotatable bonds is 4. The Bertz CT molecular complexity index is 1020. The molecule has 0 bridgehead atoms. The summed E-state index contributed by atoms with van der Waals surface area (Å²) in [4.78, 5) is -2.03. The molecule has 0 saturated heterocycles. The molecule has 0 aliphatic carbocycles. The molecular weight excluding hydrogens is 379 g/mol. The molecule has 0 spiro atoms. The maximum Gasteiger partial charge on any atom is 0.296 e. The molecule has 25 heavy (non-hydrogen) atoms. The summed E-state index contributed by atoms with van der Waals surface area (Å²) in [6.07, 6.45) is 0. The molecule has 0 fully saturated rings. The van der Waals surface area contributed by atoms with Crippen molar-refractivity contribution in [1.82, 2.24) is 0 Å². The number of hydrogen-bond acceptors (Lipinski definition) is 6. The van der Waals surface area contributed by atoms with Crippen LogP contribution in [0, 0.1) is 0 Å². The summed E-state index contributed by atoms with van der Waals surface area (Å²) in [6, 6.07) is 11.5. The summed E-state index contributed by atoms with van der Waals surface area (Å²) < 4.78 is 64.7. The van der Waals surface area contributed by atoms with Gasteiger partial charge in [0.2, 0.25) is 0 Å². The zero-order valence-electron chi connectivity index (χ0n) is 13.1. The van der Waals surface area contributed by atoms with Crippen LogP contribution in [-0.2, 0) is 20.2 Å². The molecule has 6 N–H and O–H groups in total. The SMILES string of the molecule is NC(=C(N)c1cccc(S(=O)(=O)O)c1S(=O)(=O)O)c1ccccc1.[Na]. The third-order valence-corrected chi connectivity index (χ3v) is 5.16. The topological polar surface area (TPSA) is 161 Å². The zero-order chi connectivity index (χ0) is 18.1. The van der Waals surface area contributed by atoms with Gasteiger partial charge in [-0.15, -0.1) is 0 Å². The Kier molecular flexibility index (Phi) is 6.81. The van der Waals surface area contributed by atoms with Crippen LogP contribution in [0.1, 0.15) is 11.1 Å². The second kappa shape index (κ2) is 7.87. The van der Waals surface area contributed by atoms with E-state index in [4.69, 9.17) is 11.5 Å². The van der Waals surface area contributed by atoms with Gasteiger partial charge in [0.15, 0.2) is 0 Å². The van der Waals surface area contributed by atoms with E-state index < -0.39 is 30.0 Å². The Morgan fingerprint density at radius 3 is 1.80 bits per heavy atom. The first-order valence-corrected chi connectivity index (χ1v) is 9.30. The van der Waals surface area contributed by atoms with E-state index in [0.717, 1.165) is 12.1 Å². The summed E-state index contributed by atoms with van der Waals surface area (Å²) >= 11 is 0. The Labute approximate surface area is 167 Å². The van der Waals surface area contributed by atoms with Crippen molar-refractivity contribution < 1.29 is 25.9 Å². The van der Waals surface area contributed by atoms with Crippen LogP contribution in [0.3, 0.4) is 0 Å². The minimum Gasteiger partial charge on any atom is -0.397 e. The summed E-state index contributed by atoms with van der Waals surface area (Å²) in [5.41, 5.74) is 11.6. The Balaban J connectivity index is 0.00000312. The molecule has 0 saturated carbocycles. The summed E-state index contributed by atoms with van der Waals surface area (Å²) in [7, 11) is -9.94. The molecule has 0 aromatic heterocycles. The van der Waals surface area contributed by atoms with Crippen molar-refractivity contribution in [2.45, 2.75) is 9.79 Å². The van der Waals surface area contributed by atoms with E-state index in [1.807, 2.05) is 0 Å². The Morgan fingerprint density at radius 2 is 1.32 bits per heavy atom. The van der Waals surface area contributed by atoms with Crippen LogP contribution in [0.4, 0.5) is 0 Å². The summed E-state index contributed by atoms with van der Waals surface area (Å²) in [6.45, 7) is 0. The maximum atomic E-state index is 11.6. The third kappa shape index (κ3) is 4.82. The molecule has 0 atom stereocenters. The molecule has 2 rings (SSSR count). The fourth-order valence-electron chi connectivity index (χ4n) is 2.12. The van der Waals surface area contributed by atoms with Gasteiger partial charge in [-0.25, -0.2) is 0 Å². The zero-order valence-corrected chi connectivity index (χ0v) is 16.8. The molecule has 8 nitrogen and oxygen atoms in total. The van der Waals surface area contributed by atoms with E-state index in [2.05, 4.69) is 0 Å². The van der Waals surface area contributed by atoms with Crippen molar-refractivity contribution in [3.05, 3.63) is 59.7 Å². The number of benzene rings is 2. The normalized spacial score (nSPS) is 12.9. The monoisotopic (exact) mass is 393 g/mol. The van der Waals surface area contributed by atoms with Crippen molar-refractivity contribution in [2.75, 3.05) is 0 Å². The van der Waals surface area contributed by atoms with Crippen LogP contribution in [0.2, 0.25) is 0 Å².